The lowest BCUT2D eigenvalue weighted by Gasteiger charge is -2.17. The molecule has 1 atom stereocenters. The van der Waals surface area contributed by atoms with Gasteiger partial charge in [-0.05, 0) is 70.1 Å². The van der Waals surface area contributed by atoms with Gasteiger partial charge in [0.2, 0.25) is 16.0 Å². The van der Waals surface area contributed by atoms with Gasteiger partial charge in [0.05, 0.1) is 14.6 Å². The van der Waals surface area contributed by atoms with E-state index in [-0.39, 0.29) is 32.6 Å². The molecule has 220 valence electrons. The topological polar surface area (TPSA) is 133 Å². The van der Waals surface area contributed by atoms with Crippen LogP contribution >= 0.6 is 11.3 Å². The largest absolute Gasteiger partial charge is 0.308 e. The molecule has 16 heteroatoms. The molecule has 0 aliphatic heterocycles. The van der Waals surface area contributed by atoms with E-state index in [0.717, 1.165) is 0 Å². The summed E-state index contributed by atoms with van der Waals surface area (Å²) >= 11 is 0.528. The third-order valence-corrected chi connectivity index (χ3v) is 11.2. The van der Waals surface area contributed by atoms with Crippen LogP contribution in [0.5, 0.6) is 0 Å². The number of rotatable bonds is 10. The van der Waals surface area contributed by atoms with Crippen LogP contribution in [0.25, 0.3) is 27.5 Å². The second-order valence-corrected chi connectivity index (χ2v) is 15.5. The first kappa shape index (κ1) is 29.6. The van der Waals surface area contributed by atoms with Gasteiger partial charge in [-0.15, -0.1) is 10.2 Å². The number of hydrogen-bond donors (Lipinski definition) is 2. The minimum Gasteiger partial charge on any atom is -0.308 e. The molecular formula is C25H28F3N7O3S3. The molecule has 0 bridgehead atoms. The number of nitrogens with zero attached hydrogens (tertiary/aromatic N) is 5. The van der Waals surface area contributed by atoms with Gasteiger partial charge in [0, 0.05) is 34.5 Å². The highest BCUT2D eigenvalue weighted by Crippen LogP contribution is 2.39. The van der Waals surface area contributed by atoms with E-state index >= 15 is 4.39 Å². The van der Waals surface area contributed by atoms with Crippen molar-refractivity contribution in [3.05, 3.63) is 47.0 Å². The van der Waals surface area contributed by atoms with Gasteiger partial charge in [0.25, 0.3) is 6.43 Å². The molecule has 0 spiro atoms. The van der Waals surface area contributed by atoms with Crippen molar-refractivity contribution >= 4 is 36.6 Å². The second kappa shape index (κ2) is 10.4. The van der Waals surface area contributed by atoms with Crippen LogP contribution in [0, 0.1) is 17.7 Å². The number of aromatic nitrogens is 4. The third-order valence-electron chi connectivity index (χ3n) is 6.87. The molecule has 41 heavy (non-hydrogen) atoms. The summed E-state index contributed by atoms with van der Waals surface area (Å²) in [5.74, 6) is -1.02. The SMILES string of the molecule is Cc1cc(S(=N)(=O)CCN(C)C)ccc1-c1cc(S(=O)(=O)NC2(C)CC2)cn2c(-c3nnc(C(F)F)s3)nc(F)c12. The van der Waals surface area contributed by atoms with Crippen LogP contribution in [-0.2, 0) is 19.8 Å². The number of nitrogens with one attached hydrogen (secondary N) is 2. The fourth-order valence-electron chi connectivity index (χ4n) is 4.31. The molecule has 4 aromatic rings. The number of aryl methyl sites for hydroxylation is 1. The van der Waals surface area contributed by atoms with Crippen LogP contribution in [0.3, 0.4) is 0 Å². The van der Waals surface area contributed by atoms with Crippen LogP contribution in [-0.4, -0.2) is 69.0 Å². The van der Waals surface area contributed by atoms with Crippen molar-refractivity contribution in [3.63, 3.8) is 0 Å². The molecule has 1 saturated carbocycles. The van der Waals surface area contributed by atoms with E-state index in [1.165, 1.54) is 22.7 Å². The first-order chi connectivity index (χ1) is 19.1. The predicted octanol–water partition coefficient (Wildman–Crippen LogP) is 4.70. The number of sulfonamides is 1. The molecule has 1 unspecified atom stereocenters. The summed E-state index contributed by atoms with van der Waals surface area (Å²) in [5.41, 5.74) is 0.426. The Bertz CT molecular complexity index is 1870. The molecule has 3 heterocycles. The zero-order valence-corrected chi connectivity index (χ0v) is 25.1. The van der Waals surface area contributed by atoms with Crippen molar-refractivity contribution in [2.45, 2.75) is 48.4 Å². The highest BCUT2D eigenvalue weighted by atomic mass is 32.2. The Balaban J connectivity index is 1.71. The summed E-state index contributed by atoms with van der Waals surface area (Å²) in [4.78, 5) is 5.86. The van der Waals surface area contributed by atoms with Crippen molar-refractivity contribution in [2.75, 3.05) is 26.4 Å². The van der Waals surface area contributed by atoms with Crippen molar-refractivity contribution in [3.8, 4) is 22.0 Å². The predicted molar refractivity (Wildman–Crippen MR) is 150 cm³/mol. The molecule has 1 aliphatic carbocycles. The molecule has 1 fully saturated rings. The third kappa shape index (κ3) is 5.88. The number of pyridine rings is 1. The Kier molecular flexibility index (Phi) is 7.51. The normalized spacial score (nSPS) is 16.5. The number of hydrogen-bond acceptors (Lipinski definition) is 9. The monoisotopic (exact) mass is 627 g/mol. The van der Waals surface area contributed by atoms with Gasteiger partial charge in [-0.25, -0.2) is 30.9 Å². The minimum atomic E-state index is -4.09. The Morgan fingerprint density at radius 2 is 1.85 bits per heavy atom. The highest BCUT2D eigenvalue weighted by molar-refractivity contribution is 7.92. The number of alkyl halides is 2. The van der Waals surface area contributed by atoms with Crippen molar-refractivity contribution < 1.29 is 25.8 Å². The van der Waals surface area contributed by atoms with Crippen molar-refractivity contribution in [1.29, 1.82) is 4.78 Å². The molecule has 2 N–H and O–H groups in total. The molecule has 1 aliphatic rings. The van der Waals surface area contributed by atoms with Gasteiger partial charge in [-0.2, -0.15) is 9.37 Å². The maximum atomic E-state index is 15.5. The Labute approximate surface area is 239 Å². The lowest BCUT2D eigenvalue weighted by molar-refractivity contribution is 0.150. The summed E-state index contributed by atoms with van der Waals surface area (Å²) in [7, 11) is -3.58. The fourth-order valence-corrected chi connectivity index (χ4v) is 8.00. The van der Waals surface area contributed by atoms with E-state index in [9.17, 15) is 21.4 Å². The Hall–Kier alpha value is -2.92. The number of imidazole rings is 1. The van der Waals surface area contributed by atoms with Crippen molar-refractivity contribution in [1.82, 2.24) is 29.2 Å². The first-order valence-corrected chi connectivity index (χ1v) is 16.5. The van der Waals surface area contributed by atoms with E-state index in [0.29, 0.717) is 46.7 Å². The number of benzene rings is 1. The molecule has 10 nitrogen and oxygen atoms in total. The van der Waals surface area contributed by atoms with Gasteiger partial charge < -0.3 is 4.90 Å². The summed E-state index contributed by atoms with van der Waals surface area (Å²) in [6.45, 7) is 3.91. The van der Waals surface area contributed by atoms with Crippen LogP contribution in [0.2, 0.25) is 0 Å². The smallest absolute Gasteiger partial charge is 0.291 e. The van der Waals surface area contributed by atoms with E-state index in [1.54, 1.807) is 26.0 Å². The highest BCUT2D eigenvalue weighted by Gasteiger charge is 2.41. The maximum Gasteiger partial charge on any atom is 0.291 e. The van der Waals surface area contributed by atoms with Gasteiger partial charge in [-0.3, -0.25) is 4.40 Å². The molecule has 5 rings (SSSR count). The molecule has 0 saturated heterocycles. The molecule has 1 aromatic carbocycles. The summed E-state index contributed by atoms with van der Waals surface area (Å²) in [5, 5.41) is 6.50. The van der Waals surface area contributed by atoms with E-state index in [4.69, 9.17) is 4.78 Å². The standard InChI is InChI=1S/C25H28F3N7O3S3/c1-14-11-15(40(29,36)10-9-34(3)4)5-6-17(14)18-12-16(41(37,38)33-25(2)7-8-25)13-35-19(18)21(28)30-22(35)24-32-31-23(39-24)20(26)27/h5-6,11-13,20,29,33H,7-10H2,1-4H3. The van der Waals surface area contributed by atoms with Crippen LogP contribution < -0.4 is 4.72 Å². The summed E-state index contributed by atoms with van der Waals surface area (Å²) in [6.07, 6.45) is -0.384. The van der Waals surface area contributed by atoms with Crippen LogP contribution in [0.1, 0.15) is 36.8 Å². The zero-order valence-electron chi connectivity index (χ0n) is 22.6. The average Bonchev–Trinajstić information content (AvgIpc) is 3.26. The number of fused-ring (bicyclic) bond motifs is 1. The average molecular weight is 628 g/mol. The molecular weight excluding hydrogens is 600 g/mol. The van der Waals surface area contributed by atoms with Gasteiger partial charge in [0.15, 0.2) is 15.8 Å². The molecule has 0 amide bonds. The summed E-state index contributed by atoms with van der Waals surface area (Å²) < 4.78 is 94.2. The lowest BCUT2D eigenvalue weighted by Crippen LogP contribution is -2.34. The second-order valence-electron chi connectivity index (χ2n) is 10.6. The van der Waals surface area contributed by atoms with Crippen molar-refractivity contribution in [2.24, 2.45) is 0 Å². The minimum absolute atomic E-state index is 0.0968. The van der Waals surface area contributed by atoms with E-state index in [2.05, 4.69) is 19.9 Å². The Morgan fingerprint density at radius 1 is 1.15 bits per heavy atom. The van der Waals surface area contributed by atoms with Crippen LogP contribution in [0.15, 0.2) is 40.3 Å². The fraction of sp³-hybridized carbons (Fsp3) is 0.400. The molecule has 0 radical (unpaired) electrons. The van der Waals surface area contributed by atoms with Gasteiger partial charge in [0.1, 0.15) is 5.52 Å². The zero-order chi connectivity index (χ0) is 29.9. The van der Waals surface area contributed by atoms with Crippen LogP contribution in [0.4, 0.5) is 13.2 Å². The Morgan fingerprint density at radius 3 is 2.44 bits per heavy atom. The summed E-state index contributed by atoms with van der Waals surface area (Å²) in [6, 6.07) is 6.00. The molecule has 3 aromatic heterocycles. The quantitative estimate of drug-likeness (QED) is 0.260. The maximum absolute atomic E-state index is 15.5. The van der Waals surface area contributed by atoms with E-state index < -0.39 is 42.7 Å². The van der Waals surface area contributed by atoms with Gasteiger partial charge in [-0.1, -0.05) is 17.4 Å². The first-order valence-electron chi connectivity index (χ1n) is 12.5. The van der Waals surface area contributed by atoms with Gasteiger partial charge >= 0.3 is 0 Å². The van der Waals surface area contributed by atoms with E-state index in [1.807, 2.05) is 19.0 Å². The lowest BCUT2D eigenvalue weighted by atomic mass is 10.0. The number of halogens is 3.